The summed E-state index contributed by atoms with van der Waals surface area (Å²) >= 11 is 0. The Morgan fingerprint density at radius 2 is 2.11 bits per heavy atom. The van der Waals surface area contributed by atoms with Gasteiger partial charge < -0.3 is 9.64 Å². The molecule has 0 aliphatic carbocycles. The maximum absolute atomic E-state index is 12.0. The Morgan fingerprint density at radius 3 is 2.72 bits per heavy atom. The molecule has 1 amide bonds. The number of aromatic nitrogens is 1. The van der Waals surface area contributed by atoms with Crippen molar-refractivity contribution in [3.8, 4) is 0 Å². The lowest BCUT2D eigenvalue weighted by Gasteiger charge is -2.16. The number of esters is 1. The molecule has 98 valence electrons. The Bertz CT molecular complexity index is 432. The first-order valence-corrected chi connectivity index (χ1v) is 5.87. The van der Waals surface area contributed by atoms with Crippen LogP contribution in [0.1, 0.15) is 29.3 Å². The topological polar surface area (TPSA) is 59.5 Å². The van der Waals surface area contributed by atoms with Gasteiger partial charge in [-0.25, -0.2) is 0 Å². The third kappa shape index (κ3) is 4.16. The quantitative estimate of drug-likeness (QED) is 0.741. The number of pyridine rings is 1. The molecule has 5 heteroatoms. The van der Waals surface area contributed by atoms with Gasteiger partial charge in [0, 0.05) is 26.0 Å². The molecule has 5 nitrogen and oxygen atoms in total. The molecule has 0 spiro atoms. The summed E-state index contributed by atoms with van der Waals surface area (Å²) in [5.41, 5.74) is 1.46. The lowest BCUT2D eigenvalue weighted by atomic mass is 10.2. The minimum absolute atomic E-state index is 0.143. The zero-order chi connectivity index (χ0) is 13.5. The van der Waals surface area contributed by atoms with E-state index in [1.54, 1.807) is 26.2 Å². The first kappa shape index (κ1) is 14.2. The Kier molecular flexibility index (Phi) is 5.30. The van der Waals surface area contributed by atoms with Gasteiger partial charge in [0.1, 0.15) is 0 Å². The molecule has 1 aromatic rings. The van der Waals surface area contributed by atoms with E-state index in [9.17, 15) is 9.59 Å². The van der Waals surface area contributed by atoms with E-state index in [1.165, 1.54) is 11.1 Å². The molecule has 0 bridgehead atoms. The van der Waals surface area contributed by atoms with E-state index in [0.717, 1.165) is 5.56 Å². The van der Waals surface area contributed by atoms with E-state index in [1.807, 2.05) is 6.92 Å². The third-order valence-corrected chi connectivity index (χ3v) is 2.43. The fraction of sp³-hybridized carbons (Fsp3) is 0.462. The predicted octanol–water partition coefficient (Wildman–Crippen LogP) is 1.42. The van der Waals surface area contributed by atoms with Crippen molar-refractivity contribution in [2.24, 2.45) is 0 Å². The molecule has 0 saturated heterocycles. The Morgan fingerprint density at radius 1 is 1.39 bits per heavy atom. The fourth-order valence-corrected chi connectivity index (χ4v) is 1.49. The van der Waals surface area contributed by atoms with Gasteiger partial charge in [0.25, 0.3) is 5.91 Å². The summed E-state index contributed by atoms with van der Waals surface area (Å²) in [7, 11) is 1.66. The van der Waals surface area contributed by atoms with E-state index in [4.69, 9.17) is 4.74 Å². The van der Waals surface area contributed by atoms with Crippen LogP contribution in [0, 0.1) is 6.92 Å². The number of carbonyl (C=O) groups is 2. The SMILES string of the molecule is CCOC(=O)CCN(C)C(=O)c1cncc(C)c1. The number of aryl methyl sites for hydroxylation is 1. The first-order valence-electron chi connectivity index (χ1n) is 5.87. The lowest BCUT2D eigenvalue weighted by molar-refractivity contribution is -0.143. The monoisotopic (exact) mass is 250 g/mol. The summed E-state index contributed by atoms with van der Waals surface area (Å²) < 4.78 is 4.81. The van der Waals surface area contributed by atoms with Gasteiger partial charge in [-0.3, -0.25) is 14.6 Å². The molecule has 0 aliphatic heterocycles. The number of hydrogen-bond acceptors (Lipinski definition) is 4. The Hall–Kier alpha value is -1.91. The molecule has 0 aromatic carbocycles. The molecule has 0 N–H and O–H groups in total. The average Bonchev–Trinajstić information content (AvgIpc) is 2.35. The molecule has 1 rings (SSSR count). The van der Waals surface area contributed by atoms with Crippen LogP contribution in [0.5, 0.6) is 0 Å². The van der Waals surface area contributed by atoms with Crippen LogP contribution in [-0.4, -0.2) is 42.0 Å². The highest BCUT2D eigenvalue weighted by Gasteiger charge is 2.13. The molecule has 0 unspecified atom stereocenters. The molecule has 0 radical (unpaired) electrons. The van der Waals surface area contributed by atoms with Gasteiger partial charge in [-0.2, -0.15) is 0 Å². The summed E-state index contributed by atoms with van der Waals surface area (Å²) in [6.45, 7) is 4.33. The molecule has 1 heterocycles. The van der Waals surface area contributed by atoms with Crippen molar-refractivity contribution < 1.29 is 14.3 Å². The number of ether oxygens (including phenoxy) is 1. The van der Waals surface area contributed by atoms with Gasteiger partial charge in [0.15, 0.2) is 0 Å². The maximum Gasteiger partial charge on any atom is 0.307 e. The van der Waals surface area contributed by atoms with Crippen LogP contribution in [0.15, 0.2) is 18.5 Å². The number of carbonyl (C=O) groups excluding carboxylic acids is 2. The van der Waals surface area contributed by atoms with Crippen LogP contribution in [0.3, 0.4) is 0 Å². The van der Waals surface area contributed by atoms with Crippen LogP contribution in [0.4, 0.5) is 0 Å². The summed E-state index contributed by atoms with van der Waals surface area (Å²) in [5.74, 6) is -0.435. The van der Waals surface area contributed by atoms with E-state index in [2.05, 4.69) is 4.98 Å². The van der Waals surface area contributed by atoms with Crippen LogP contribution in [-0.2, 0) is 9.53 Å². The Balaban J connectivity index is 2.54. The van der Waals surface area contributed by atoms with Gasteiger partial charge >= 0.3 is 5.97 Å². The highest BCUT2D eigenvalue weighted by molar-refractivity contribution is 5.94. The highest BCUT2D eigenvalue weighted by Crippen LogP contribution is 2.05. The predicted molar refractivity (Wildman–Crippen MR) is 67.2 cm³/mol. The number of nitrogens with zero attached hydrogens (tertiary/aromatic N) is 2. The van der Waals surface area contributed by atoms with Gasteiger partial charge in [-0.15, -0.1) is 0 Å². The zero-order valence-corrected chi connectivity index (χ0v) is 11.0. The first-order chi connectivity index (χ1) is 8.54. The van der Waals surface area contributed by atoms with Crippen molar-refractivity contribution in [3.05, 3.63) is 29.6 Å². The second-order valence-corrected chi connectivity index (χ2v) is 4.03. The molecule has 0 atom stereocenters. The third-order valence-electron chi connectivity index (χ3n) is 2.43. The molecule has 0 saturated carbocycles. The van der Waals surface area contributed by atoms with Crippen LogP contribution < -0.4 is 0 Å². The molecular weight excluding hydrogens is 232 g/mol. The molecule has 1 aromatic heterocycles. The van der Waals surface area contributed by atoms with Gasteiger partial charge in [0.05, 0.1) is 18.6 Å². The zero-order valence-electron chi connectivity index (χ0n) is 11.0. The normalized spacial score (nSPS) is 9.94. The van der Waals surface area contributed by atoms with Crippen molar-refractivity contribution in [2.75, 3.05) is 20.2 Å². The molecule has 0 fully saturated rings. The van der Waals surface area contributed by atoms with E-state index >= 15 is 0 Å². The minimum atomic E-state index is -0.292. The summed E-state index contributed by atoms with van der Waals surface area (Å²) in [4.78, 5) is 28.7. The van der Waals surface area contributed by atoms with Crippen LogP contribution >= 0.6 is 0 Å². The molecule has 18 heavy (non-hydrogen) atoms. The van der Waals surface area contributed by atoms with Crippen LogP contribution in [0.25, 0.3) is 0 Å². The molecular formula is C13H18N2O3. The maximum atomic E-state index is 12.0. The van der Waals surface area contributed by atoms with Crippen LogP contribution in [0.2, 0.25) is 0 Å². The number of hydrogen-bond donors (Lipinski definition) is 0. The van der Waals surface area contributed by atoms with E-state index in [-0.39, 0.29) is 18.3 Å². The summed E-state index contributed by atoms with van der Waals surface area (Å²) in [6.07, 6.45) is 3.42. The lowest BCUT2D eigenvalue weighted by Crippen LogP contribution is -2.29. The average molecular weight is 250 g/mol. The van der Waals surface area contributed by atoms with Crippen molar-refractivity contribution >= 4 is 11.9 Å². The number of rotatable bonds is 5. The van der Waals surface area contributed by atoms with Crippen molar-refractivity contribution in [2.45, 2.75) is 20.3 Å². The minimum Gasteiger partial charge on any atom is -0.466 e. The Labute approximate surface area is 107 Å². The van der Waals surface area contributed by atoms with Crippen molar-refractivity contribution in [1.82, 2.24) is 9.88 Å². The highest BCUT2D eigenvalue weighted by atomic mass is 16.5. The standard InChI is InChI=1S/C13H18N2O3/c1-4-18-12(16)5-6-15(3)13(17)11-7-10(2)8-14-9-11/h7-9H,4-6H2,1-3H3. The second kappa shape index (κ2) is 6.74. The summed E-state index contributed by atoms with van der Waals surface area (Å²) in [5, 5.41) is 0. The van der Waals surface area contributed by atoms with E-state index < -0.39 is 0 Å². The van der Waals surface area contributed by atoms with Gasteiger partial charge in [-0.1, -0.05) is 0 Å². The van der Waals surface area contributed by atoms with Gasteiger partial charge in [-0.05, 0) is 25.5 Å². The molecule has 0 aliphatic rings. The summed E-state index contributed by atoms with van der Waals surface area (Å²) in [6, 6.07) is 1.77. The van der Waals surface area contributed by atoms with Crippen molar-refractivity contribution in [1.29, 1.82) is 0 Å². The van der Waals surface area contributed by atoms with Gasteiger partial charge in [0.2, 0.25) is 0 Å². The number of amides is 1. The second-order valence-electron chi connectivity index (χ2n) is 4.03. The smallest absolute Gasteiger partial charge is 0.307 e. The van der Waals surface area contributed by atoms with Crippen molar-refractivity contribution in [3.63, 3.8) is 0 Å². The van der Waals surface area contributed by atoms with E-state index in [0.29, 0.717) is 18.7 Å². The fourth-order valence-electron chi connectivity index (χ4n) is 1.49. The largest absolute Gasteiger partial charge is 0.466 e.